The van der Waals surface area contributed by atoms with E-state index in [-0.39, 0.29) is 18.1 Å². The van der Waals surface area contributed by atoms with Gasteiger partial charge in [-0.1, -0.05) is 62.6 Å². The number of ether oxygens (including phenoxy) is 2. The van der Waals surface area contributed by atoms with Crippen molar-refractivity contribution in [3.63, 3.8) is 0 Å². The van der Waals surface area contributed by atoms with Gasteiger partial charge in [-0.3, -0.25) is 4.57 Å². The van der Waals surface area contributed by atoms with Crippen LogP contribution in [0.25, 0.3) is 39.1 Å². The molecule has 12 heteroatoms. The maximum atomic E-state index is 13.3. The van der Waals surface area contributed by atoms with E-state index in [9.17, 15) is 13.2 Å². The monoisotopic (exact) mass is 609 g/mol. The molecule has 2 aromatic carbocycles. The number of fused-ring (bicyclic) bond motifs is 1. The molecule has 1 atom stereocenters. The fraction of sp³-hybridized carbons (Fsp3) is 0.367. The third-order valence-corrected chi connectivity index (χ3v) is 10.8. The third-order valence-electron chi connectivity index (χ3n) is 6.81. The Morgan fingerprint density at radius 1 is 1.02 bits per heavy atom. The number of carbonyl (C=O) groups is 1. The van der Waals surface area contributed by atoms with Crippen LogP contribution in [0.3, 0.4) is 0 Å². The lowest BCUT2D eigenvalue weighted by atomic mass is 10.0. The predicted molar refractivity (Wildman–Crippen MR) is 170 cm³/mol. The van der Waals surface area contributed by atoms with E-state index < -0.39 is 35.2 Å². The minimum atomic E-state index is -3.81. The van der Waals surface area contributed by atoms with Crippen molar-refractivity contribution in [3.05, 3.63) is 60.9 Å². The van der Waals surface area contributed by atoms with Crippen LogP contribution in [-0.4, -0.2) is 59.4 Å². The Labute approximate surface area is 248 Å². The molecule has 10 nitrogen and oxygen atoms in total. The van der Waals surface area contributed by atoms with E-state index in [4.69, 9.17) is 20.2 Å². The first-order valence-electron chi connectivity index (χ1n) is 13.9. The molecule has 42 heavy (non-hydrogen) atoms. The Morgan fingerprint density at radius 3 is 2.26 bits per heavy atom. The van der Waals surface area contributed by atoms with Gasteiger partial charge in [0.05, 0.1) is 39.9 Å². The molecule has 0 bridgehead atoms. The number of aromatic nitrogens is 4. The normalized spacial score (nSPS) is 13.0. The van der Waals surface area contributed by atoms with Crippen LogP contribution >= 0.6 is 0 Å². The van der Waals surface area contributed by atoms with Crippen molar-refractivity contribution in [2.45, 2.75) is 58.4 Å². The van der Waals surface area contributed by atoms with Gasteiger partial charge in [0.15, 0.2) is 0 Å². The van der Waals surface area contributed by atoms with Crippen molar-refractivity contribution in [1.82, 2.24) is 18.5 Å². The lowest BCUT2D eigenvalue weighted by Gasteiger charge is -2.32. The minimum absolute atomic E-state index is 0.0981. The summed E-state index contributed by atoms with van der Waals surface area (Å²) in [6.07, 6.45) is 0. The quantitative estimate of drug-likeness (QED) is 0.130. The number of nitrogen functional groups attached to an aromatic ring is 1. The zero-order chi connectivity index (χ0) is 31.0. The molecule has 4 rings (SSSR count). The van der Waals surface area contributed by atoms with Crippen molar-refractivity contribution in [2.75, 3.05) is 18.9 Å². The van der Waals surface area contributed by atoms with Crippen LogP contribution in [0.2, 0.25) is 19.6 Å². The molecule has 0 aliphatic heterocycles. The summed E-state index contributed by atoms with van der Waals surface area (Å²) in [5.41, 5.74) is 9.68. The number of hydrogen-bond donors (Lipinski definition) is 1. The van der Waals surface area contributed by atoms with Crippen LogP contribution in [0.1, 0.15) is 39.4 Å². The topological polar surface area (TPSA) is 131 Å². The molecule has 0 spiro atoms. The molecule has 0 saturated heterocycles. The number of imidazole rings is 2. The molecule has 0 aliphatic carbocycles. The number of benzene rings is 2. The molecule has 2 N–H and O–H groups in total. The summed E-state index contributed by atoms with van der Waals surface area (Å²) in [5.74, 6) is -0.779. The van der Waals surface area contributed by atoms with Crippen molar-refractivity contribution in [2.24, 2.45) is 0 Å². The van der Waals surface area contributed by atoms with Gasteiger partial charge in [-0.2, -0.15) is 0 Å². The molecule has 2 heterocycles. The van der Waals surface area contributed by atoms with E-state index in [2.05, 4.69) is 31.2 Å². The Balaban J connectivity index is 2.13. The summed E-state index contributed by atoms with van der Waals surface area (Å²) in [6, 6.07) is 15.0. The van der Waals surface area contributed by atoms with Crippen LogP contribution in [0, 0.1) is 0 Å². The van der Waals surface area contributed by atoms with Gasteiger partial charge in [0.25, 0.3) is 0 Å². The predicted octanol–water partition coefficient (Wildman–Crippen LogP) is 5.72. The second kappa shape index (κ2) is 11.9. The van der Waals surface area contributed by atoms with E-state index >= 15 is 0 Å². The van der Waals surface area contributed by atoms with Gasteiger partial charge in [-0.25, -0.2) is 27.2 Å². The molecule has 0 amide bonds. The SMILES string of the molecule is C=C(C(=O)OCC)c1nc(-c2ccc3nc(N)n(S(=O)(=O)C(C)C)c3c2)c(-c2ccccc2)n1C(OCC)[Si](C)(C)C. The number of rotatable bonds is 11. The van der Waals surface area contributed by atoms with E-state index in [0.29, 0.717) is 40.4 Å². The first kappa shape index (κ1) is 31.2. The average Bonchev–Trinajstić information content (AvgIpc) is 3.48. The molecule has 2 aromatic heterocycles. The summed E-state index contributed by atoms with van der Waals surface area (Å²) in [7, 11) is -5.93. The van der Waals surface area contributed by atoms with Gasteiger partial charge in [-0.05, 0) is 39.8 Å². The number of hydrogen-bond acceptors (Lipinski definition) is 8. The standard InChI is InChI=1S/C30H39N5O5SSi/c1-9-39-28(36)20(5)27-33-25(22-16-17-23-24(18-22)35(29(31)32-23)41(37,38)19(3)4)26(21-14-12-11-13-15-21)34(27)30(40-10-2)42(6,7)8/h11-19,30H,5,9-10H2,1-4,6-8H3,(H2,31,32). The molecular weight excluding hydrogens is 571 g/mol. The summed E-state index contributed by atoms with van der Waals surface area (Å²) in [4.78, 5) is 22.3. The van der Waals surface area contributed by atoms with E-state index in [1.54, 1.807) is 32.9 Å². The van der Waals surface area contributed by atoms with Gasteiger partial charge < -0.3 is 15.2 Å². The number of carbonyl (C=O) groups excluding carboxylic acids is 1. The maximum absolute atomic E-state index is 13.3. The average molecular weight is 610 g/mol. The fourth-order valence-electron chi connectivity index (χ4n) is 4.82. The van der Waals surface area contributed by atoms with Gasteiger partial charge >= 0.3 is 5.97 Å². The highest BCUT2D eigenvalue weighted by Gasteiger charge is 2.36. The molecule has 0 aliphatic rings. The zero-order valence-corrected chi connectivity index (χ0v) is 27.0. The summed E-state index contributed by atoms with van der Waals surface area (Å²) in [5, 5.41) is -0.719. The zero-order valence-electron chi connectivity index (χ0n) is 25.2. The van der Waals surface area contributed by atoms with Crippen molar-refractivity contribution < 1.29 is 22.7 Å². The van der Waals surface area contributed by atoms with Crippen LogP contribution in [0.4, 0.5) is 5.95 Å². The lowest BCUT2D eigenvalue weighted by Crippen LogP contribution is -2.38. The number of nitrogens with zero attached hydrogens (tertiary/aromatic N) is 4. The molecule has 0 fully saturated rings. The number of esters is 1. The highest BCUT2D eigenvalue weighted by atomic mass is 32.2. The van der Waals surface area contributed by atoms with E-state index in [1.807, 2.05) is 47.9 Å². The largest absolute Gasteiger partial charge is 0.462 e. The smallest absolute Gasteiger partial charge is 0.341 e. The Hall–Kier alpha value is -3.74. The second-order valence-electron chi connectivity index (χ2n) is 11.3. The summed E-state index contributed by atoms with van der Waals surface area (Å²) in [6.45, 7) is 18.1. The molecule has 0 radical (unpaired) electrons. The Bertz CT molecular complexity index is 1740. The van der Waals surface area contributed by atoms with Gasteiger partial charge in [0.1, 0.15) is 19.7 Å². The Kier molecular flexibility index (Phi) is 8.81. The van der Waals surface area contributed by atoms with Crippen molar-refractivity contribution in [3.8, 4) is 22.5 Å². The van der Waals surface area contributed by atoms with Crippen molar-refractivity contribution in [1.29, 1.82) is 0 Å². The van der Waals surface area contributed by atoms with Crippen LogP contribution in [0.15, 0.2) is 55.1 Å². The van der Waals surface area contributed by atoms with E-state index in [0.717, 1.165) is 9.54 Å². The van der Waals surface area contributed by atoms with Gasteiger partial charge in [0.2, 0.25) is 16.0 Å². The van der Waals surface area contributed by atoms with Gasteiger partial charge in [-0.15, -0.1) is 0 Å². The number of anilines is 1. The number of nitrogens with two attached hydrogens (primary N) is 1. The molecule has 4 aromatic rings. The summed E-state index contributed by atoms with van der Waals surface area (Å²) >= 11 is 0. The summed E-state index contributed by atoms with van der Waals surface area (Å²) < 4.78 is 41.3. The fourth-order valence-corrected chi connectivity index (χ4v) is 7.66. The minimum Gasteiger partial charge on any atom is -0.462 e. The molecule has 224 valence electrons. The lowest BCUT2D eigenvalue weighted by molar-refractivity contribution is -0.136. The molecular formula is C30H39N5O5SSi. The first-order chi connectivity index (χ1) is 19.7. The highest BCUT2D eigenvalue weighted by Crippen LogP contribution is 2.40. The first-order valence-corrected chi connectivity index (χ1v) is 19.0. The second-order valence-corrected chi connectivity index (χ2v) is 18.8. The molecule has 0 saturated carbocycles. The highest BCUT2D eigenvalue weighted by molar-refractivity contribution is 7.90. The van der Waals surface area contributed by atoms with Gasteiger partial charge in [0, 0.05) is 17.7 Å². The Morgan fingerprint density at radius 2 is 1.69 bits per heavy atom. The van der Waals surface area contributed by atoms with Crippen LogP contribution < -0.4 is 5.73 Å². The molecule has 1 unspecified atom stereocenters. The van der Waals surface area contributed by atoms with Crippen molar-refractivity contribution >= 4 is 46.6 Å². The van der Waals surface area contributed by atoms with E-state index in [1.165, 1.54) is 0 Å². The van der Waals surface area contributed by atoms with Crippen LogP contribution in [0.5, 0.6) is 0 Å². The maximum Gasteiger partial charge on any atom is 0.341 e. The third kappa shape index (κ3) is 5.66. The van der Waals surface area contributed by atoms with Crippen LogP contribution in [-0.2, 0) is 24.3 Å².